The Kier molecular flexibility index (Phi) is 4.06. The summed E-state index contributed by atoms with van der Waals surface area (Å²) in [6, 6.07) is 0. The van der Waals surface area contributed by atoms with Crippen LogP contribution in [-0.4, -0.2) is 29.5 Å². The standard InChI is InChI=1S/C5H12BNO3/c1-4(2)5(6(9)10)7-3-8/h3-5,9-10H,1-2H3,(H,7,8). The minimum absolute atomic E-state index is 0.0187. The van der Waals surface area contributed by atoms with Crippen LogP contribution in [0, 0.1) is 5.92 Å². The van der Waals surface area contributed by atoms with Crippen LogP contribution in [0.2, 0.25) is 0 Å². The SMILES string of the molecule is CC(C)C(NC=O)B(O)O. The second-order valence-corrected chi connectivity index (χ2v) is 2.47. The van der Waals surface area contributed by atoms with E-state index in [2.05, 4.69) is 5.32 Å². The van der Waals surface area contributed by atoms with Gasteiger partial charge in [0, 0.05) is 0 Å². The highest BCUT2D eigenvalue weighted by atomic mass is 16.4. The first-order chi connectivity index (χ1) is 4.59. The Morgan fingerprint density at radius 1 is 1.50 bits per heavy atom. The second-order valence-electron chi connectivity index (χ2n) is 2.47. The average molecular weight is 145 g/mol. The summed E-state index contributed by atoms with van der Waals surface area (Å²) in [4.78, 5) is 9.89. The molecule has 0 saturated heterocycles. The van der Waals surface area contributed by atoms with Crippen molar-refractivity contribution in [3.63, 3.8) is 0 Å². The molecule has 0 aliphatic rings. The van der Waals surface area contributed by atoms with Gasteiger partial charge in [-0.05, 0) is 5.92 Å². The second kappa shape index (κ2) is 4.30. The average Bonchev–Trinajstić information content (AvgIpc) is 1.81. The molecule has 0 aliphatic heterocycles. The Morgan fingerprint density at radius 3 is 2.10 bits per heavy atom. The molecular formula is C5H12BNO3. The van der Waals surface area contributed by atoms with E-state index in [1.54, 1.807) is 13.8 Å². The number of nitrogens with one attached hydrogen (secondary N) is 1. The first kappa shape index (κ1) is 9.45. The zero-order valence-electron chi connectivity index (χ0n) is 6.11. The van der Waals surface area contributed by atoms with Crippen molar-refractivity contribution >= 4 is 13.5 Å². The Bertz CT molecular complexity index is 99.1. The molecule has 0 heterocycles. The summed E-state index contributed by atoms with van der Waals surface area (Å²) in [5.41, 5.74) is 0. The molecule has 1 amide bonds. The van der Waals surface area contributed by atoms with Crippen LogP contribution in [0.5, 0.6) is 0 Å². The molecule has 0 saturated carbocycles. The van der Waals surface area contributed by atoms with Crippen LogP contribution in [0.3, 0.4) is 0 Å². The van der Waals surface area contributed by atoms with Gasteiger partial charge in [0.2, 0.25) is 6.41 Å². The number of carbonyl (C=O) groups is 1. The van der Waals surface area contributed by atoms with Gasteiger partial charge in [0.05, 0.1) is 5.94 Å². The molecule has 0 rings (SSSR count). The highest BCUT2D eigenvalue weighted by molar-refractivity contribution is 6.43. The Morgan fingerprint density at radius 2 is 2.00 bits per heavy atom. The minimum Gasteiger partial charge on any atom is -0.426 e. The van der Waals surface area contributed by atoms with Crippen LogP contribution >= 0.6 is 0 Å². The maximum Gasteiger partial charge on any atom is 0.475 e. The van der Waals surface area contributed by atoms with Crippen LogP contribution in [0.15, 0.2) is 0 Å². The van der Waals surface area contributed by atoms with E-state index in [1.807, 2.05) is 0 Å². The Labute approximate surface area is 60.4 Å². The lowest BCUT2D eigenvalue weighted by atomic mass is 9.73. The van der Waals surface area contributed by atoms with Gasteiger partial charge in [-0.25, -0.2) is 0 Å². The zero-order valence-corrected chi connectivity index (χ0v) is 6.11. The van der Waals surface area contributed by atoms with E-state index in [0.29, 0.717) is 6.41 Å². The third-order valence-electron chi connectivity index (χ3n) is 1.30. The maximum atomic E-state index is 9.89. The lowest BCUT2D eigenvalue weighted by Gasteiger charge is -2.17. The van der Waals surface area contributed by atoms with Crippen molar-refractivity contribution < 1.29 is 14.8 Å². The van der Waals surface area contributed by atoms with Crippen LogP contribution in [-0.2, 0) is 4.79 Å². The van der Waals surface area contributed by atoms with E-state index in [0.717, 1.165) is 0 Å². The molecule has 0 aliphatic carbocycles. The zero-order chi connectivity index (χ0) is 8.15. The predicted molar refractivity (Wildman–Crippen MR) is 38.0 cm³/mol. The smallest absolute Gasteiger partial charge is 0.426 e. The molecule has 0 radical (unpaired) electrons. The van der Waals surface area contributed by atoms with E-state index in [1.165, 1.54) is 0 Å². The van der Waals surface area contributed by atoms with Gasteiger partial charge in [0.15, 0.2) is 0 Å². The fraction of sp³-hybridized carbons (Fsp3) is 0.800. The van der Waals surface area contributed by atoms with Gasteiger partial charge in [-0.15, -0.1) is 0 Å². The Balaban J connectivity index is 3.84. The van der Waals surface area contributed by atoms with Crippen LogP contribution < -0.4 is 5.32 Å². The molecule has 1 unspecified atom stereocenters. The van der Waals surface area contributed by atoms with Crippen molar-refractivity contribution in [2.24, 2.45) is 5.92 Å². The normalized spacial score (nSPS) is 12.9. The number of rotatable bonds is 4. The fourth-order valence-corrected chi connectivity index (χ4v) is 0.701. The number of carbonyl (C=O) groups excluding carboxylic acids is 1. The third kappa shape index (κ3) is 2.84. The molecule has 58 valence electrons. The molecule has 0 aromatic carbocycles. The van der Waals surface area contributed by atoms with E-state index in [9.17, 15) is 4.79 Å². The Hall–Kier alpha value is -0.545. The molecule has 3 N–H and O–H groups in total. The van der Waals surface area contributed by atoms with Crippen molar-refractivity contribution in [1.29, 1.82) is 0 Å². The molecule has 10 heavy (non-hydrogen) atoms. The van der Waals surface area contributed by atoms with Gasteiger partial charge in [0.25, 0.3) is 0 Å². The monoisotopic (exact) mass is 145 g/mol. The number of hydrogen-bond donors (Lipinski definition) is 3. The highest BCUT2D eigenvalue weighted by Gasteiger charge is 2.25. The first-order valence-corrected chi connectivity index (χ1v) is 3.15. The first-order valence-electron chi connectivity index (χ1n) is 3.15. The summed E-state index contributed by atoms with van der Waals surface area (Å²) in [5, 5.41) is 19.6. The van der Waals surface area contributed by atoms with Crippen molar-refractivity contribution in [2.45, 2.75) is 19.8 Å². The molecule has 4 nitrogen and oxygen atoms in total. The van der Waals surface area contributed by atoms with Gasteiger partial charge < -0.3 is 15.4 Å². The van der Waals surface area contributed by atoms with Crippen LogP contribution in [0.25, 0.3) is 0 Å². The van der Waals surface area contributed by atoms with Gasteiger partial charge in [-0.2, -0.15) is 0 Å². The molecule has 0 fully saturated rings. The summed E-state index contributed by atoms with van der Waals surface area (Å²) in [6.45, 7) is 3.58. The molecule has 0 aromatic rings. The lowest BCUT2D eigenvalue weighted by molar-refractivity contribution is -0.110. The van der Waals surface area contributed by atoms with E-state index < -0.39 is 13.1 Å². The predicted octanol–water partition coefficient (Wildman–Crippen LogP) is -1.23. The molecule has 0 aromatic heterocycles. The highest BCUT2D eigenvalue weighted by Crippen LogP contribution is 2.00. The molecular weight excluding hydrogens is 133 g/mol. The van der Waals surface area contributed by atoms with Crippen molar-refractivity contribution in [3.05, 3.63) is 0 Å². The van der Waals surface area contributed by atoms with Gasteiger partial charge in [0.1, 0.15) is 0 Å². The van der Waals surface area contributed by atoms with Crippen molar-refractivity contribution in [2.75, 3.05) is 0 Å². The van der Waals surface area contributed by atoms with E-state index in [4.69, 9.17) is 10.0 Å². The number of hydrogen-bond acceptors (Lipinski definition) is 3. The van der Waals surface area contributed by atoms with Gasteiger partial charge in [-0.1, -0.05) is 13.8 Å². The minimum atomic E-state index is -1.48. The van der Waals surface area contributed by atoms with E-state index in [-0.39, 0.29) is 5.92 Å². The summed E-state index contributed by atoms with van der Waals surface area (Å²) < 4.78 is 0. The lowest BCUT2D eigenvalue weighted by Crippen LogP contribution is -2.46. The summed E-state index contributed by atoms with van der Waals surface area (Å²) in [5.74, 6) is -0.553. The van der Waals surface area contributed by atoms with Crippen molar-refractivity contribution in [3.8, 4) is 0 Å². The fourth-order valence-electron chi connectivity index (χ4n) is 0.701. The number of amides is 1. The summed E-state index contributed by atoms with van der Waals surface area (Å²) in [7, 11) is -1.48. The van der Waals surface area contributed by atoms with Crippen LogP contribution in [0.1, 0.15) is 13.8 Å². The molecule has 0 spiro atoms. The topological polar surface area (TPSA) is 69.6 Å². The van der Waals surface area contributed by atoms with Gasteiger partial charge in [-0.3, -0.25) is 4.79 Å². The molecule has 0 bridgehead atoms. The quantitative estimate of drug-likeness (QED) is 0.342. The van der Waals surface area contributed by atoms with Crippen LogP contribution in [0.4, 0.5) is 0 Å². The summed E-state index contributed by atoms with van der Waals surface area (Å²) in [6.07, 6.45) is 0.462. The third-order valence-corrected chi connectivity index (χ3v) is 1.30. The largest absolute Gasteiger partial charge is 0.475 e. The van der Waals surface area contributed by atoms with Gasteiger partial charge >= 0.3 is 7.12 Å². The molecule has 5 heteroatoms. The van der Waals surface area contributed by atoms with E-state index >= 15 is 0 Å². The maximum absolute atomic E-state index is 9.89. The van der Waals surface area contributed by atoms with Crippen molar-refractivity contribution in [1.82, 2.24) is 5.32 Å². The molecule has 1 atom stereocenters. The summed E-state index contributed by atoms with van der Waals surface area (Å²) >= 11 is 0.